The molecule has 1 aromatic rings. The Morgan fingerprint density at radius 1 is 1.67 bits per heavy atom. The predicted octanol–water partition coefficient (Wildman–Crippen LogP) is 0.0592. The molecule has 0 unspecified atom stereocenters. The number of amides is 1. The van der Waals surface area contributed by atoms with E-state index in [9.17, 15) is 4.79 Å². The predicted molar refractivity (Wildman–Crippen MR) is 53.6 cm³/mol. The fraction of sp³-hybridized carbons (Fsp3) is 0.667. The topological polar surface area (TPSA) is 94.0 Å². The van der Waals surface area contributed by atoms with Crippen molar-refractivity contribution in [1.29, 1.82) is 0 Å². The van der Waals surface area contributed by atoms with Gasteiger partial charge >= 0.3 is 0 Å². The normalized spacial score (nSPS) is 13.6. The monoisotopic (exact) mass is 212 g/mol. The fourth-order valence-corrected chi connectivity index (χ4v) is 0.940. The quantitative estimate of drug-likeness (QED) is 0.738. The molecule has 0 aliphatic heterocycles. The van der Waals surface area contributed by atoms with Crippen molar-refractivity contribution in [1.82, 2.24) is 15.5 Å². The van der Waals surface area contributed by atoms with Gasteiger partial charge in [0, 0.05) is 0 Å². The van der Waals surface area contributed by atoms with Gasteiger partial charge in [0.05, 0.1) is 12.6 Å². The number of hydrogen-bond donors (Lipinski definition) is 2. The number of carbonyl (C=O) groups excluding carboxylic acids is 1. The van der Waals surface area contributed by atoms with Gasteiger partial charge in [-0.3, -0.25) is 4.79 Å². The molecule has 1 amide bonds. The Balaban J connectivity index is 2.43. The van der Waals surface area contributed by atoms with Crippen LogP contribution in [0, 0.1) is 5.41 Å². The van der Waals surface area contributed by atoms with E-state index >= 15 is 0 Å². The highest BCUT2D eigenvalue weighted by molar-refractivity contribution is 5.82. The summed E-state index contributed by atoms with van der Waals surface area (Å²) in [4.78, 5) is 15.3. The highest BCUT2D eigenvalue weighted by atomic mass is 16.5. The number of nitrogens with zero attached hydrogens (tertiary/aromatic N) is 2. The lowest BCUT2D eigenvalue weighted by molar-refractivity contribution is -0.124. The molecule has 1 rings (SSSR count). The zero-order chi connectivity index (χ0) is 11.5. The van der Waals surface area contributed by atoms with E-state index < -0.39 is 6.04 Å². The molecule has 0 fully saturated rings. The van der Waals surface area contributed by atoms with Crippen LogP contribution in [0.5, 0.6) is 0 Å². The Labute approximate surface area is 88.2 Å². The molecule has 3 N–H and O–H groups in total. The standard InChI is InChI=1S/C9H16N4O2/c1-9(2,3)7(10)8(14)11-4-6-12-5-15-13-6/h5,7H,4,10H2,1-3H3,(H,11,14)/t7-/m1/s1. The summed E-state index contributed by atoms with van der Waals surface area (Å²) in [6.45, 7) is 5.96. The summed E-state index contributed by atoms with van der Waals surface area (Å²) in [6.07, 6.45) is 1.21. The molecule has 0 spiro atoms. The minimum absolute atomic E-state index is 0.215. The highest BCUT2D eigenvalue weighted by Crippen LogP contribution is 2.17. The summed E-state index contributed by atoms with van der Waals surface area (Å²) >= 11 is 0. The molecule has 0 aliphatic carbocycles. The molecule has 0 aliphatic rings. The highest BCUT2D eigenvalue weighted by Gasteiger charge is 2.27. The Morgan fingerprint density at radius 3 is 2.80 bits per heavy atom. The van der Waals surface area contributed by atoms with Gasteiger partial charge in [-0.15, -0.1) is 0 Å². The van der Waals surface area contributed by atoms with Crippen LogP contribution in [0.15, 0.2) is 10.9 Å². The minimum atomic E-state index is -0.551. The van der Waals surface area contributed by atoms with Crippen molar-refractivity contribution in [3.05, 3.63) is 12.2 Å². The number of nitrogens with one attached hydrogen (secondary N) is 1. The maximum atomic E-state index is 11.6. The molecular weight excluding hydrogens is 196 g/mol. The van der Waals surface area contributed by atoms with Crippen LogP contribution in [-0.2, 0) is 11.3 Å². The van der Waals surface area contributed by atoms with Crippen LogP contribution in [0.3, 0.4) is 0 Å². The number of nitrogens with two attached hydrogens (primary N) is 1. The lowest BCUT2D eigenvalue weighted by Gasteiger charge is -2.25. The van der Waals surface area contributed by atoms with Gasteiger partial charge in [0.15, 0.2) is 5.82 Å². The van der Waals surface area contributed by atoms with Gasteiger partial charge in [-0.2, -0.15) is 4.98 Å². The molecule has 6 nitrogen and oxygen atoms in total. The van der Waals surface area contributed by atoms with Gasteiger partial charge in [-0.25, -0.2) is 0 Å². The van der Waals surface area contributed by atoms with Crippen molar-refractivity contribution in [2.24, 2.45) is 11.1 Å². The second-order valence-corrected chi connectivity index (χ2v) is 4.41. The first kappa shape index (κ1) is 11.6. The van der Waals surface area contributed by atoms with Crippen molar-refractivity contribution >= 4 is 5.91 Å². The van der Waals surface area contributed by atoms with Crippen molar-refractivity contribution in [3.63, 3.8) is 0 Å². The molecule has 0 bridgehead atoms. The van der Waals surface area contributed by atoms with E-state index in [1.807, 2.05) is 20.8 Å². The van der Waals surface area contributed by atoms with Gasteiger partial charge < -0.3 is 15.6 Å². The smallest absolute Gasteiger partial charge is 0.237 e. The molecule has 0 aromatic carbocycles. The average Bonchev–Trinajstić information content (AvgIpc) is 2.63. The van der Waals surface area contributed by atoms with Crippen molar-refractivity contribution in [2.45, 2.75) is 33.4 Å². The summed E-state index contributed by atoms with van der Waals surface area (Å²) in [5.74, 6) is 0.219. The van der Waals surface area contributed by atoms with Crippen LogP contribution in [0.25, 0.3) is 0 Å². The number of hydrogen-bond acceptors (Lipinski definition) is 5. The summed E-state index contributed by atoms with van der Waals surface area (Å²) in [6, 6.07) is -0.551. The summed E-state index contributed by atoms with van der Waals surface area (Å²) in [7, 11) is 0. The maximum absolute atomic E-state index is 11.6. The number of rotatable bonds is 3. The molecule has 0 saturated carbocycles. The second-order valence-electron chi connectivity index (χ2n) is 4.41. The minimum Gasteiger partial charge on any atom is -0.347 e. The van der Waals surface area contributed by atoms with Gasteiger partial charge in [0.25, 0.3) is 0 Å². The summed E-state index contributed by atoms with van der Waals surface area (Å²) in [5, 5.41) is 6.21. The van der Waals surface area contributed by atoms with E-state index in [0.29, 0.717) is 5.82 Å². The molecule has 0 saturated heterocycles. The van der Waals surface area contributed by atoms with E-state index in [1.54, 1.807) is 0 Å². The summed E-state index contributed by atoms with van der Waals surface area (Å²) in [5.41, 5.74) is 5.49. The Hall–Kier alpha value is -1.43. The van der Waals surface area contributed by atoms with E-state index in [4.69, 9.17) is 5.73 Å². The molecule has 1 atom stereocenters. The Bertz CT molecular complexity index is 315. The second kappa shape index (κ2) is 4.39. The largest absolute Gasteiger partial charge is 0.347 e. The molecular formula is C9H16N4O2. The third-order valence-corrected chi connectivity index (χ3v) is 2.04. The molecule has 0 radical (unpaired) electrons. The van der Waals surface area contributed by atoms with Crippen LogP contribution in [0.4, 0.5) is 0 Å². The van der Waals surface area contributed by atoms with Crippen LogP contribution < -0.4 is 11.1 Å². The van der Waals surface area contributed by atoms with Crippen LogP contribution >= 0.6 is 0 Å². The fourth-order valence-electron chi connectivity index (χ4n) is 0.940. The Kier molecular flexibility index (Phi) is 3.41. The molecule has 84 valence electrons. The van der Waals surface area contributed by atoms with E-state index in [0.717, 1.165) is 0 Å². The van der Waals surface area contributed by atoms with Crippen molar-refractivity contribution in [3.8, 4) is 0 Å². The van der Waals surface area contributed by atoms with Crippen molar-refractivity contribution in [2.75, 3.05) is 0 Å². The van der Waals surface area contributed by atoms with Crippen molar-refractivity contribution < 1.29 is 9.32 Å². The first-order valence-corrected chi connectivity index (χ1v) is 4.70. The van der Waals surface area contributed by atoms with E-state index in [-0.39, 0.29) is 17.9 Å². The first-order chi connectivity index (χ1) is 6.91. The number of carbonyl (C=O) groups is 1. The van der Waals surface area contributed by atoms with Gasteiger partial charge in [0.2, 0.25) is 12.3 Å². The SMILES string of the molecule is CC(C)(C)[C@H](N)C(=O)NCc1ncon1. The van der Waals surface area contributed by atoms with E-state index in [2.05, 4.69) is 20.0 Å². The lowest BCUT2D eigenvalue weighted by Crippen LogP contribution is -2.48. The zero-order valence-electron chi connectivity index (χ0n) is 9.15. The lowest BCUT2D eigenvalue weighted by atomic mass is 9.87. The first-order valence-electron chi connectivity index (χ1n) is 4.70. The average molecular weight is 212 g/mol. The summed E-state index contributed by atoms with van der Waals surface area (Å²) < 4.78 is 4.53. The number of aromatic nitrogens is 2. The van der Waals surface area contributed by atoms with Crippen LogP contribution in [0.1, 0.15) is 26.6 Å². The zero-order valence-corrected chi connectivity index (χ0v) is 9.15. The third kappa shape index (κ3) is 3.32. The molecule has 6 heteroatoms. The van der Waals surface area contributed by atoms with E-state index in [1.165, 1.54) is 6.39 Å². The Morgan fingerprint density at radius 2 is 2.33 bits per heavy atom. The molecule has 15 heavy (non-hydrogen) atoms. The van der Waals surface area contributed by atoms with Gasteiger partial charge in [-0.1, -0.05) is 25.9 Å². The molecule has 1 heterocycles. The maximum Gasteiger partial charge on any atom is 0.237 e. The van der Waals surface area contributed by atoms with Gasteiger partial charge in [0.1, 0.15) is 0 Å². The van der Waals surface area contributed by atoms with Gasteiger partial charge in [-0.05, 0) is 5.41 Å². The molecule has 1 aromatic heterocycles. The van der Waals surface area contributed by atoms with Crippen LogP contribution in [-0.4, -0.2) is 22.1 Å². The van der Waals surface area contributed by atoms with Crippen LogP contribution in [0.2, 0.25) is 0 Å². The third-order valence-electron chi connectivity index (χ3n) is 2.04.